The number of rotatable bonds is 4. The summed E-state index contributed by atoms with van der Waals surface area (Å²) in [6.07, 6.45) is 14.0. The first kappa shape index (κ1) is 21.0. The summed E-state index contributed by atoms with van der Waals surface area (Å²) in [7, 11) is 0. The van der Waals surface area contributed by atoms with Gasteiger partial charge in [-0.1, -0.05) is 32.1 Å². The second kappa shape index (κ2) is 9.72. The number of hydrogen-bond donors (Lipinski definition) is 1. The summed E-state index contributed by atoms with van der Waals surface area (Å²) in [5, 5.41) is 4.26. The summed E-state index contributed by atoms with van der Waals surface area (Å²) in [5.41, 5.74) is 3.01. The molecular weight excluding hydrogens is 398 g/mol. The van der Waals surface area contributed by atoms with E-state index in [1.807, 2.05) is 16.8 Å². The van der Waals surface area contributed by atoms with E-state index in [0.717, 1.165) is 42.7 Å². The van der Waals surface area contributed by atoms with Gasteiger partial charge in [-0.2, -0.15) is 4.98 Å². The first-order valence-electron chi connectivity index (χ1n) is 12.3. The molecule has 1 saturated heterocycles. The number of fused-ring (bicyclic) bond motifs is 1. The summed E-state index contributed by atoms with van der Waals surface area (Å²) in [5.74, 6) is 0.536. The molecule has 32 heavy (non-hydrogen) atoms. The van der Waals surface area contributed by atoms with E-state index in [1.54, 1.807) is 6.07 Å². The highest BCUT2D eigenvalue weighted by molar-refractivity contribution is 5.76. The molecule has 1 aromatic carbocycles. The third-order valence-corrected chi connectivity index (χ3v) is 6.95. The van der Waals surface area contributed by atoms with E-state index in [4.69, 9.17) is 4.98 Å². The van der Waals surface area contributed by atoms with Crippen LogP contribution in [0.1, 0.15) is 70.3 Å². The van der Waals surface area contributed by atoms with Gasteiger partial charge in [0.1, 0.15) is 5.65 Å². The lowest BCUT2D eigenvalue weighted by Gasteiger charge is -2.28. The molecular formula is C26H33N5O. The molecule has 0 atom stereocenters. The molecule has 168 valence electrons. The minimum Gasteiger partial charge on any atom is -0.372 e. The molecule has 2 aromatic heterocycles. The zero-order valence-corrected chi connectivity index (χ0v) is 18.8. The van der Waals surface area contributed by atoms with Gasteiger partial charge in [0.15, 0.2) is 0 Å². The van der Waals surface area contributed by atoms with Crippen LogP contribution in [0, 0.1) is 0 Å². The van der Waals surface area contributed by atoms with E-state index in [9.17, 15) is 4.79 Å². The molecule has 2 fully saturated rings. The number of nitrogens with one attached hydrogen (secondary N) is 1. The van der Waals surface area contributed by atoms with Crippen molar-refractivity contribution in [2.75, 3.05) is 23.3 Å². The van der Waals surface area contributed by atoms with E-state index < -0.39 is 0 Å². The predicted molar refractivity (Wildman–Crippen MR) is 131 cm³/mol. The molecule has 1 saturated carbocycles. The van der Waals surface area contributed by atoms with Crippen LogP contribution in [0.4, 0.5) is 17.3 Å². The molecule has 6 nitrogen and oxygen atoms in total. The zero-order chi connectivity index (χ0) is 21.8. The molecule has 3 aromatic rings. The maximum absolute atomic E-state index is 12.9. The summed E-state index contributed by atoms with van der Waals surface area (Å²) in [4.78, 5) is 24.6. The Morgan fingerprint density at radius 3 is 2.25 bits per heavy atom. The fourth-order valence-electron chi connectivity index (χ4n) is 5.18. The lowest BCUT2D eigenvalue weighted by Crippen LogP contribution is -2.29. The molecule has 1 aliphatic carbocycles. The zero-order valence-electron chi connectivity index (χ0n) is 18.8. The Balaban J connectivity index is 1.40. The van der Waals surface area contributed by atoms with Crippen LogP contribution in [0.2, 0.25) is 0 Å². The third-order valence-electron chi connectivity index (χ3n) is 6.95. The van der Waals surface area contributed by atoms with Gasteiger partial charge >= 0.3 is 0 Å². The van der Waals surface area contributed by atoms with Gasteiger partial charge in [0, 0.05) is 48.2 Å². The first-order chi connectivity index (χ1) is 15.8. The van der Waals surface area contributed by atoms with Crippen LogP contribution >= 0.6 is 0 Å². The quantitative estimate of drug-likeness (QED) is 0.565. The Labute approximate surface area is 189 Å². The fourth-order valence-corrected chi connectivity index (χ4v) is 5.18. The van der Waals surface area contributed by atoms with Crippen molar-refractivity contribution in [2.45, 2.75) is 70.3 Å². The van der Waals surface area contributed by atoms with Crippen LogP contribution in [0.15, 0.2) is 47.4 Å². The van der Waals surface area contributed by atoms with Gasteiger partial charge in [-0.05, 0) is 62.4 Å². The second-order valence-electron chi connectivity index (χ2n) is 9.23. The normalized spacial score (nSPS) is 18.3. The number of piperidine rings is 1. The van der Waals surface area contributed by atoms with Gasteiger partial charge in [-0.25, -0.2) is 4.98 Å². The average Bonchev–Trinajstić information content (AvgIpc) is 2.81. The number of pyridine rings is 1. The molecule has 5 rings (SSSR count). The fraction of sp³-hybridized carbons (Fsp3) is 0.500. The van der Waals surface area contributed by atoms with Crippen molar-refractivity contribution in [1.29, 1.82) is 0 Å². The van der Waals surface area contributed by atoms with E-state index in [0.29, 0.717) is 5.95 Å². The Kier molecular flexibility index (Phi) is 6.37. The van der Waals surface area contributed by atoms with E-state index >= 15 is 0 Å². The van der Waals surface area contributed by atoms with Crippen molar-refractivity contribution < 1.29 is 0 Å². The van der Waals surface area contributed by atoms with Gasteiger partial charge in [0.05, 0.1) is 0 Å². The maximum atomic E-state index is 12.9. The van der Waals surface area contributed by atoms with Gasteiger partial charge in [-0.15, -0.1) is 0 Å². The van der Waals surface area contributed by atoms with Crippen LogP contribution in [-0.4, -0.2) is 27.6 Å². The SMILES string of the molecule is O=c1ccc2cnc(Nc3ccc(N4CCCCC4)cc3)nc2n1C1CCCCCCC1. The highest BCUT2D eigenvalue weighted by atomic mass is 16.1. The van der Waals surface area contributed by atoms with Crippen LogP contribution in [-0.2, 0) is 0 Å². The molecule has 0 bridgehead atoms. The average molecular weight is 432 g/mol. The van der Waals surface area contributed by atoms with Crippen molar-refractivity contribution in [2.24, 2.45) is 0 Å². The summed E-state index contributed by atoms with van der Waals surface area (Å²) >= 11 is 0. The van der Waals surface area contributed by atoms with Gasteiger partial charge in [0.2, 0.25) is 5.95 Å². The van der Waals surface area contributed by atoms with Gasteiger partial charge < -0.3 is 10.2 Å². The number of aromatic nitrogens is 3. The van der Waals surface area contributed by atoms with Crippen molar-refractivity contribution in [3.8, 4) is 0 Å². The van der Waals surface area contributed by atoms with Gasteiger partial charge in [-0.3, -0.25) is 9.36 Å². The van der Waals surface area contributed by atoms with E-state index in [-0.39, 0.29) is 11.6 Å². The molecule has 0 radical (unpaired) electrons. The number of nitrogens with zero attached hydrogens (tertiary/aromatic N) is 4. The number of anilines is 3. The smallest absolute Gasteiger partial charge is 0.252 e. The summed E-state index contributed by atoms with van der Waals surface area (Å²) < 4.78 is 1.92. The van der Waals surface area contributed by atoms with Crippen molar-refractivity contribution in [3.05, 3.63) is 52.9 Å². The first-order valence-corrected chi connectivity index (χ1v) is 12.3. The highest BCUT2D eigenvalue weighted by Crippen LogP contribution is 2.28. The predicted octanol–water partition coefficient (Wildman–Crippen LogP) is 5.81. The maximum Gasteiger partial charge on any atom is 0.252 e. The van der Waals surface area contributed by atoms with Crippen LogP contribution in [0.3, 0.4) is 0 Å². The molecule has 1 aliphatic heterocycles. The molecule has 6 heteroatoms. The Hall–Kier alpha value is -2.89. The number of hydrogen-bond acceptors (Lipinski definition) is 5. The summed E-state index contributed by atoms with van der Waals surface area (Å²) in [6, 6.07) is 12.2. The van der Waals surface area contributed by atoms with Crippen LogP contribution < -0.4 is 15.8 Å². The van der Waals surface area contributed by atoms with Crippen LogP contribution in [0.5, 0.6) is 0 Å². The largest absolute Gasteiger partial charge is 0.372 e. The van der Waals surface area contributed by atoms with Crippen molar-refractivity contribution in [1.82, 2.24) is 14.5 Å². The second-order valence-corrected chi connectivity index (χ2v) is 9.23. The third kappa shape index (κ3) is 4.64. The summed E-state index contributed by atoms with van der Waals surface area (Å²) in [6.45, 7) is 2.28. The monoisotopic (exact) mass is 431 g/mol. The van der Waals surface area contributed by atoms with Crippen molar-refractivity contribution >= 4 is 28.4 Å². The Morgan fingerprint density at radius 1 is 0.812 bits per heavy atom. The minimum absolute atomic E-state index is 0.0404. The topological polar surface area (TPSA) is 63.1 Å². The lowest BCUT2D eigenvalue weighted by molar-refractivity contribution is 0.371. The lowest BCUT2D eigenvalue weighted by atomic mass is 9.96. The molecule has 2 aliphatic rings. The molecule has 0 unspecified atom stereocenters. The molecule has 3 heterocycles. The standard InChI is InChI=1S/C26H33N5O/c32-24-16-11-20-19-27-26(29-25(20)31(24)23-9-5-2-1-3-6-10-23)28-21-12-14-22(15-13-21)30-17-7-4-8-18-30/h11-16,19,23H,1-10,17-18H2,(H,27,28,29). The molecule has 0 spiro atoms. The van der Waals surface area contributed by atoms with Crippen LogP contribution in [0.25, 0.3) is 11.0 Å². The Bertz CT molecular complexity index is 1090. The highest BCUT2D eigenvalue weighted by Gasteiger charge is 2.18. The Morgan fingerprint density at radius 2 is 1.50 bits per heavy atom. The van der Waals surface area contributed by atoms with E-state index in [2.05, 4.69) is 39.5 Å². The molecule has 1 N–H and O–H groups in total. The van der Waals surface area contributed by atoms with Crippen molar-refractivity contribution in [3.63, 3.8) is 0 Å². The number of benzene rings is 1. The molecule has 0 amide bonds. The minimum atomic E-state index is 0.0404. The van der Waals surface area contributed by atoms with Gasteiger partial charge in [0.25, 0.3) is 5.56 Å². The van der Waals surface area contributed by atoms with E-state index in [1.165, 1.54) is 57.1 Å².